The number of para-hydroxylation sites is 1. The normalized spacial score (nSPS) is 10.4. The summed E-state index contributed by atoms with van der Waals surface area (Å²) in [5.41, 5.74) is 1.33. The standard InChI is InChI=1S/C21H26N2O5/c24-13-11-23(12-14-25)21(27)18-8-6-17(7-9-18)16-22-20(26)10-15-28-19-4-2-1-3-5-19/h1-9,24-25H,10-16H2,(H,22,26). The molecule has 150 valence electrons. The molecule has 0 bridgehead atoms. The molecule has 0 radical (unpaired) electrons. The van der Waals surface area contributed by atoms with Gasteiger partial charge in [0, 0.05) is 25.2 Å². The molecule has 2 rings (SSSR count). The van der Waals surface area contributed by atoms with Crippen molar-refractivity contribution in [2.75, 3.05) is 32.9 Å². The molecule has 7 heteroatoms. The van der Waals surface area contributed by atoms with Crippen LogP contribution in [0, 0.1) is 0 Å². The monoisotopic (exact) mass is 386 g/mol. The van der Waals surface area contributed by atoms with Crippen LogP contribution in [-0.4, -0.2) is 59.8 Å². The number of aliphatic hydroxyl groups is 2. The van der Waals surface area contributed by atoms with Gasteiger partial charge in [-0.05, 0) is 29.8 Å². The molecular formula is C21H26N2O5. The van der Waals surface area contributed by atoms with E-state index in [0.717, 1.165) is 11.3 Å². The van der Waals surface area contributed by atoms with Gasteiger partial charge in [-0.2, -0.15) is 0 Å². The maximum absolute atomic E-state index is 12.4. The highest BCUT2D eigenvalue weighted by Gasteiger charge is 2.14. The molecule has 2 aromatic rings. The molecule has 0 saturated carbocycles. The third kappa shape index (κ3) is 7.02. The quantitative estimate of drug-likeness (QED) is 0.539. The number of aliphatic hydroxyl groups excluding tert-OH is 2. The summed E-state index contributed by atoms with van der Waals surface area (Å²) in [7, 11) is 0. The summed E-state index contributed by atoms with van der Waals surface area (Å²) in [6.45, 7) is 0.669. The molecule has 0 heterocycles. The number of carbonyl (C=O) groups excluding carboxylic acids is 2. The van der Waals surface area contributed by atoms with Gasteiger partial charge in [-0.3, -0.25) is 9.59 Å². The van der Waals surface area contributed by atoms with Gasteiger partial charge in [0.05, 0.1) is 26.2 Å². The van der Waals surface area contributed by atoms with Crippen molar-refractivity contribution in [1.29, 1.82) is 0 Å². The van der Waals surface area contributed by atoms with Crippen molar-refractivity contribution < 1.29 is 24.5 Å². The lowest BCUT2D eigenvalue weighted by atomic mass is 10.1. The summed E-state index contributed by atoms with van der Waals surface area (Å²) in [6.07, 6.45) is 0.253. The molecule has 0 saturated heterocycles. The minimum atomic E-state index is -0.253. The molecule has 0 aromatic heterocycles. The van der Waals surface area contributed by atoms with Crippen molar-refractivity contribution in [2.45, 2.75) is 13.0 Å². The molecule has 0 unspecified atom stereocenters. The minimum absolute atomic E-state index is 0.117. The number of nitrogens with one attached hydrogen (secondary N) is 1. The lowest BCUT2D eigenvalue weighted by Gasteiger charge is -2.20. The van der Waals surface area contributed by atoms with Crippen molar-refractivity contribution >= 4 is 11.8 Å². The van der Waals surface area contributed by atoms with Crippen molar-refractivity contribution in [3.63, 3.8) is 0 Å². The van der Waals surface area contributed by atoms with E-state index in [1.165, 1.54) is 4.90 Å². The van der Waals surface area contributed by atoms with Crippen LogP contribution in [0.1, 0.15) is 22.3 Å². The first-order valence-corrected chi connectivity index (χ1v) is 9.18. The zero-order valence-electron chi connectivity index (χ0n) is 15.7. The average Bonchev–Trinajstić information content (AvgIpc) is 2.73. The van der Waals surface area contributed by atoms with Crippen LogP contribution in [-0.2, 0) is 11.3 Å². The van der Waals surface area contributed by atoms with Gasteiger partial charge in [0.2, 0.25) is 5.91 Å². The number of carbonyl (C=O) groups is 2. The second-order valence-electron chi connectivity index (χ2n) is 6.12. The molecule has 28 heavy (non-hydrogen) atoms. The Kier molecular flexibility index (Phi) is 8.97. The molecule has 7 nitrogen and oxygen atoms in total. The first-order chi connectivity index (χ1) is 13.6. The molecular weight excluding hydrogens is 360 g/mol. The number of amides is 2. The maximum atomic E-state index is 12.4. The third-order valence-corrected chi connectivity index (χ3v) is 4.06. The van der Waals surface area contributed by atoms with E-state index in [9.17, 15) is 9.59 Å². The fourth-order valence-electron chi connectivity index (χ4n) is 2.57. The Labute approximate surface area is 164 Å². The smallest absolute Gasteiger partial charge is 0.254 e. The Balaban J connectivity index is 1.77. The SMILES string of the molecule is O=C(CCOc1ccccc1)NCc1ccc(C(=O)N(CCO)CCO)cc1. The van der Waals surface area contributed by atoms with Crippen LogP contribution in [0.25, 0.3) is 0 Å². The largest absolute Gasteiger partial charge is 0.493 e. The van der Waals surface area contributed by atoms with Gasteiger partial charge in [-0.15, -0.1) is 0 Å². The Morgan fingerprint density at radius 1 is 0.929 bits per heavy atom. The summed E-state index contributed by atoms with van der Waals surface area (Å²) >= 11 is 0. The Morgan fingerprint density at radius 2 is 1.57 bits per heavy atom. The van der Waals surface area contributed by atoms with E-state index in [2.05, 4.69) is 5.32 Å². The van der Waals surface area contributed by atoms with Gasteiger partial charge in [0.1, 0.15) is 5.75 Å². The van der Waals surface area contributed by atoms with Gasteiger partial charge in [-0.1, -0.05) is 30.3 Å². The highest BCUT2D eigenvalue weighted by Crippen LogP contribution is 2.09. The Morgan fingerprint density at radius 3 is 2.18 bits per heavy atom. The van der Waals surface area contributed by atoms with Crippen molar-refractivity contribution in [3.05, 3.63) is 65.7 Å². The predicted octanol–water partition coefficient (Wildman–Crippen LogP) is 1.20. The highest BCUT2D eigenvalue weighted by molar-refractivity contribution is 5.94. The number of rotatable bonds is 11. The molecule has 2 aromatic carbocycles. The summed E-state index contributed by atoms with van der Waals surface area (Å²) < 4.78 is 5.49. The van der Waals surface area contributed by atoms with Crippen molar-refractivity contribution in [3.8, 4) is 5.75 Å². The average molecular weight is 386 g/mol. The van der Waals surface area contributed by atoms with E-state index < -0.39 is 0 Å². The van der Waals surface area contributed by atoms with Crippen LogP contribution in [0.15, 0.2) is 54.6 Å². The Hall–Kier alpha value is -2.90. The predicted molar refractivity (Wildman–Crippen MR) is 105 cm³/mol. The van der Waals surface area contributed by atoms with Crippen LogP contribution in [0.2, 0.25) is 0 Å². The minimum Gasteiger partial charge on any atom is -0.493 e. The zero-order valence-corrected chi connectivity index (χ0v) is 15.7. The fourth-order valence-corrected chi connectivity index (χ4v) is 2.57. The summed E-state index contributed by atoms with van der Waals surface area (Å²) in [6, 6.07) is 16.2. The maximum Gasteiger partial charge on any atom is 0.254 e. The number of hydrogen-bond donors (Lipinski definition) is 3. The molecule has 2 amide bonds. The lowest BCUT2D eigenvalue weighted by molar-refractivity contribution is -0.121. The van der Waals surface area contributed by atoms with Crippen LogP contribution in [0.5, 0.6) is 5.75 Å². The number of ether oxygens (including phenoxy) is 1. The van der Waals surface area contributed by atoms with E-state index in [1.807, 2.05) is 30.3 Å². The first-order valence-electron chi connectivity index (χ1n) is 9.18. The van der Waals surface area contributed by atoms with E-state index in [1.54, 1.807) is 24.3 Å². The lowest BCUT2D eigenvalue weighted by Crippen LogP contribution is -2.35. The van der Waals surface area contributed by atoms with Gasteiger partial charge in [0.15, 0.2) is 0 Å². The summed E-state index contributed by atoms with van der Waals surface area (Å²) in [5, 5.41) is 20.9. The molecule has 0 aliphatic rings. The second-order valence-corrected chi connectivity index (χ2v) is 6.12. The number of benzene rings is 2. The summed E-state index contributed by atoms with van der Waals surface area (Å²) in [5.74, 6) is 0.358. The van der Waals surface area contributed by atoms with E-state index in [4.69, 9.17) is 14.9 Å². The van der Waals surface area contributed by atoms with Crippen molar-refractivity contribution in [1.82, 2.24) is 10.2 Å². The molecule has 0 atom stereocenters. The second kappa shape index (κ2) is 11.7. The van der Waals surface area contributed by atoms with Gasteiger partial charge < -0.3 is 25.2 Å². The first kappa shape index (κ1) is 21.4. The summed E-state index contributed by atoms with van der Waals surface area (Å²) in [4.78, 5) is 25.7. The third-order valence-electron chi connectivity index (χ3n) is 4.06. The van der Waals surface area contributed by atoms with Crippen LogP contribution in [0.4, 0.5) is 0 Å². The highest BCUT2D eigenvalue weighted by atomic mass is 16.5. The number of nitrogens with zero attached hydrogens (tertiary/aromatic N) is 1. The van der Waals surface area contributed by atoms with Gasteiger partial charge in [0.25, 0.3) is 5.91 Å². The topological polar surface area (TPSA) is 99.1 Å². The van der Waals surface area contributed by atoms with E-state index in [-0.39, 0.29) is 44.5 Å². The fraction of sp³-hybridized carbons (Fsp3) is 0.333. The van der Waals surface area contributed by atoms with Crippen LogP contribution >= 0.6 is 0 Å². The number of hydrogen-bond acceptors (Lipinski definition) is 5. The van der Waals surface area contributed by atoms with Gasteiger partial charge in [-0.25, -0.2) is 0 Å². The molecule has 3 N–H and O–H groups in total. The molecule has 0 aliphatic heterocycles. The van der Waals surface area contributed by atoms with Gasteiger partial charge >= 0.3 is 0 Å². The zero-order chi connectivity index (χ0) is 20.2. The molecule has 0 aliphatic carbocycles. The van der Waals surface area contributed by atoms with Crippen LogP contribution < -0.4 is 10.1 Å². The van der Waals surface area contributed by atoms with E-state index >= 15 is 0 Å². The van der Waals surface area contributed by atoms with Crippen LogP contribution in [0.3, 0.4) is 0 Å². The van der Waals surface area contributed by atoms with Crippen molar-refractivity contribution in [2.24, 2.45) is 0 Å². The molecule has 0 fully saturated rings. The molecule has 0 spiro atoms. The Bertz CT molecular complexity index is 728. The van der Waals surface area contributed by atoms with E-state index in [0.29, 0.717) is 18.7 Å².